The van der Waals surface area contributed by atoms with Crippen LogP contribution in [0.5, 0.6) is 11.5 Å². The van der Waals surface area contributed by atoms with Crippen molar-refractivity contribution in [1.29, 1.82) is 0 Å². The molecule has 0 saturated heterocycles. The first-order valence-corrected chi connectivity index (χ1v) is 7.90. The molecule has 0 spiro atoms. The number of hydrogen-bond donors (Lipinski definition) is 1. The van der Waals surface area contributed by atoms with Gasteiger partial charge in [0.1, 0.15) is 11.5 Å². The highest BCUT2D eigenvalue weighted by Gasteiger charge is 2.16. The van der Waals surface area contributed by atoms with Crippen molar-refractivity contribution >= 4 is 34.8 Å². The van der Waals surface area contributed by atoms with Crippen molar-refractivity contribution in [3.63, 3.8) is 0 Å². The first-order valence-electron chi connectivity index (χ1n) is 7.15. The Kier molecular flexibility index (Phi) is 6.13. The van der Waals surface area contributed by atoms with E-state index >= 15 is 0 Å². The molecule has 0 heterocycles. The van der Waals surface area contributed by atoms with Gasteiger partial charge in [0.2, 0.25) is 0 Å². The largest absolute Gasteiger partial charge is 0.494 e. The smallest absolute Gasteiger partial charge is 0.265 e. The third-order valence-electron chi connectivity index (χ3n) is 3.00. The lowest BCUT2D eigenvalue weighted by Crippen LogP contribution is -2.30. The number of carbonyl (C=O) groups is 1. The Labute approximate surface area is 145 Å². The molecule has 0 unspecified atom stereocenters. The third kappa shape index (κ3) is 5.05. The molecule has 2 aromatic carbocycles. The van der Waals surface area contributed by atoms with E-state index in [1.54, 1.807) is 49.4 Å². The molecular weight excluding hydrogens is 337 g/mol. The predicted molar refractivity (Wildman–Crippen MR) is 92.8 cm³/mol. The Hall–Kier alpha value is -1.91. The monoisotopic (exact) mass is 353 g/mol. The van der Waals surface area contributed by atoms with Crippen molar-refractivity contribution in [3.8, 4) is 11.5 Å². The summed E-state index contributed by atoms with van der Waals surface area (Å²) in [6.07, 6.45) is -0.708. The van der Waals surface area contributed by atoms with Crippen LogP contribution in [0.15, 0.2) is 42.5 Å². The SMILES string of the molecule is CCOc1ccc(NC(=O)[C@H](C)Oc2ccc(Cl)cc2Cl)cc1. The van der Waals surface area contributed by atoms with E-state index in [0.29, 0.717) is 28.1 Å². The van der Waals surface area contributed by atoms with Gasteiger partial charge in [0.05, 0.1) is 11.6 Å². The van der Waals surface area contributed by atoms with E-state index in [0.717, 1.165) is 5.75 Å². The molecule has 2 rings (SSSR count). The zero-order valence-electron chi connectivity index (χ0n) is 12.8. The summed E-state index contributed by atoms with van der Waals surface area (Å²) in [5, 5.41) is 3.64. The van der Waals surface area contributed by atoms with Crippen LogP contribution < -0.4 is 14.8 Å². The van der Waals surface area contributed by atoms with E-state index in [9.17, 15) is 4.79 Å². The second-order valence-electron chi connectivity index (χ2n) is 4.78. The summed E-state index contributed by atoms with van der Waals surface area (Å²) in [7, 11) is 0. The highest BCUT2D eigenvalue weighted by atomic mass is 35.5. The van der Waals surface area contributed by atoms with Gasteiger partial charge in [0.15, 0.2) is 6.10 Å². The molecule has 6 heteroatoms. The quantitative estimate of drug-likeness (QED) is 0.811. The molecule has 0 aliphatic rings. The van der Waals surface area contributed by atoms with E-state index in [4.69, 9.17) is 32.7 Å². The number of nitrogens with one attached hydrogen (secondary N) is 1. The minimum Gasteiger partial charge on any atom is -0.494 e. The lowest BCUT2D eigenvalue weighted by molar-refractivity contribution is -0.122. The van der Waals surface area contributed by atoms with Crippen molar-refractivity contribution in [2.75, 3.05) is 11.9 Å². The molecule has 0 bridgehead atoms. The molecule has 0 saturated carbocycles. The second-order valence-corrected chi connectivity index (χ2v) is 5.63. The Bertz CT molecular complexity index is 674. The van der Waals surface area contributed by atoms with Crippen molar-refractivity contribution in [2.24, 2.45) is 0 Å². The van der Waals surface area contributed by atoms with Crippen LogP contribution in [-0.2, 0) is 4.79 Å². The van der Waals surface area contributed by atoms with Crippen molar-refractivity contribution in [3.05, 3.63) is 52.5 Å². The average Bonchev–Trinajstić information content (AvgIpc) is 2.52. The number of halogens is 2. The number of anilines is 1. The molecule has 1 amide bonds. The van der Waals surface area contributed by atoms with Crippen LogP contribution in [0, 0.1) is 0 Å². The minimum atomic E-state index is -0.708. The van der Waals surface area contributed by atoms with E-state index in [2.05, 4.69) is 5.32 Å². The average molecular weight is 354 g/mol. The topological polar surface area (TPSA) is 47.6 Å². The van der Waals surface area contributed by atoms with Crippen LogP contribution in [0.2, 0.25) is 10.0 Å². The summed E-state index contributed by atoms with van der Waals surface area (Å²) in [5.41, 5.74) is 0.663. The number of amides is 1. The molecule has 0 aliphatic heterocycles. The van der Waals surface area contributed by atoms with E-state index in [-0.39, 0.29) is 5.91 Å². The van der Waals surface area contributed by atoms with E-state index in [1.807, 2.05) is 6.92 Å². The van der Waals surface area contributed by atoms with Crippen LogP contribution in [0.3, 0.4) is 0 Å². The fraction of sp³-hybridized carbons (Fsp3) is 0.235. The number of hydrogen-bond acceptors (Lipinski definition) is 3. The fourth-order valence-electron chi connectivity index (χ4n) is 1.86. The molecule has 1 atom stereocenters. The molecule has 23 heavy (non-hydrogen) atoms. The van der Waals surface area contributed by atoms with Gasteiger partial charge in [-0.3, -0.25) is 4.79 Å². The van der Waals surface area contributed by atoms with Gasteiger partial charge in [-0.25, -0.2) is 0 Å². The first-order chi connectivity index (χ1) is 11.0. The van der Waals surface area contributed by atoms with Crippen molar-refractivity contribution in [2.45, 2.75) is 20.0 Å². The Balaban J connectivity index is 1.96. The van der Waals surface area contributed by atoms with Gasteiger partial charge in [-0.1, -0.05) is 23.2 Å². The highest BCUT2D eigenvalue weighted by molar-refractivity contribution is 6.35. The Morgan fingerprint density at radius 1 is 1.17 bits per heavy atom. The van der Waals surface area contributed by atoms with E-state index < -0.39 is 6.10 Å². The van der Waals surface area contributed by atoms with Gasteiger partial charge < -0.3 is 14.8 Å². The lowest BCUT2D eigenvalue weighted by atomic mass is 10.2. The van der Waals surface area contributed by atoms with Crippen LogP contribution in [0.25, 0.3) is 0 Å². The van der Waals surface area contributed by atoms with E-state index in [1.165, 1.54) is 0 Å². The molecular formula is C17H17Cl2NO3. The van der Waals surface area contributed by atoms with Crippen LogP contribution in [0.1, 0.15) is 13.8 Å². The number of ether oxygens (including phenoxy) is 2. The molecule has 0 fully saturated rings. The van der Waals surface area contributed by atoms with Gasteiger partial charge in [-0.05, 0) is 56.3 Å². The summed E-state index contributed by atoms with van der Waals surface area (Å²) in [5.74, 6) is 0.883. The van der Waals surface area contributed by atoms with Crippen LogP contribution >= 0.6 is 23.2 Å². The van der Waals surface area contributed by atoms with Crippen LogP contribution in [-0.4, -0.2) is 18.6 Å². The Morgan fingerprint density at radius 3 is 2.48 bits per heavy atom. The first kappa shape index (κ1) is 17.4. The molecule has 0 radical (unpaired) electrons. The molecule has 2 aromatic rings. The summed E-state index contributed by atoms with van der Waals surface area (Å²) >= 11 is 11.9. The molecule has 0 aliphatic carbocycles. The number of carbonyl (C=O) groups excluding carboxylic acids is 1. The van der Waals surface area contributed by atoms with Gasteiger partial charge in [0, 0.05) is 10.7 Å². The fourth-order valence-corrected chi connectivity index (χ4v) is 2.31. The maximum absolute atomic E-state index is 12.2. The summed E-state index contributed by atoms with van der Waals surface area (Å²) < 4.78 is 10.9. The molecule has 1 N–H and O–H groups in total. The maximum atomic E-state index is 12.2. The third-order valence-corrected chi connectivity index (χ3v) is 3.53. The van der Waals surface area contributed by atoms with Gasteiger partial charge in [-0.15, -0.1) is 0 Å². The number of rotatable bonds is 6. The molecule has 4 nitrogen and oxygen atoms in total. The highest BCUT2D eigenvalue weighted by Crippen LogP contribution is 2.28. The Morgan fingerprint density at radius 2 is 1.87 bits per heavy atom. The predicted octanol–water partition coefficient (Wildman–Crippen LogP) is 4.80. The van der Waals surface area contributed by atoms with Gasteiger partial charge in [-0.2, -0.15) is 0 Å². The summed E-state index contributed by atoms with van der Waals surface area (Å²) in [6.45, 7) is 4.16. The van der Waals surface area contributed by atoms with Crippen molar-refractivity contribution in [1.82, 2.24) is 0 Å². The summed E-state index contributed by atoms with van der Waals surface area (Å²) in [6, 6.07) is 12.0. The zero-order chi connectivity index (χ0) is 16.8. The van der Waals surface area contributed by atoms with Crippen molar-refractivity contribution < 1.29 is 14.3 Å². The molecule has 0 aromatic heterocycles. The number of benzene rings is 2. The van der Waals surface area contributed by atoms with Gasteiger partial charge in [0.25, 0.3) is 5.91 Å². The minimum absolute atomic E-state index is 0.278. The normalized spacial score (nSPS) is 11.7. The van der Waals surface area contributed by atoms with Gasteiger partial charge >= 0.3 is 0 Å². The van der Waals surface area contributed by atoms with Crippen LogP contribution in [0.4, 0.5) is 5.69 Å². The zero-order valence-corrected chi connectivity index (χ0v) is 14.3. The second kappa shape index (κ2) is 8.09. The molecule has 122 valence electrons. The lowest BCUT2D eigenvalue weighted by Gasteiger charge is -2.16. The maximum Gasteiger partial charge on any atom is 0.265 e. The standard InChI is InChI=1S/C17H17Cl2NO3/c1-3-22-14-7-5-13(6-8-14)20-17(21)11(2)23-16-9-4-12(18)10-15(16)19/h4-11H,3H2,1-2H3,(H,20,21)/t11-/m0/s1. The summed E-state index contributed by atoms with van der Waals surface area (Å²) in [4.78, 5) is 12.2.